The van der Waals surface area contributed by atoms with Crippen molar-refractivity contribution < 1.29 is 4.79 Å². The van der Waals surface area contributed by atoms with Gasteiger partial charge in [0.05, 0.1) is 11.4 Å². The number of unbranched alkanes of at least 4 members (excludes halogenated alkanes) is 1. The van der Waals surface area contributed by atoms with Crippen LogP contribution in [0.2, 0.25) is 5.02 Å². The first kappa shape index (κ1) is 26.5. The van der Waals surface area contributed by atoms with Crippen molar-refractivity contribution in [3.63, 3.8) is 0 Å². The molecular weight excluding hydrogens is 492 g/mol. The van der Waals surface area contributed by atoms with E-state index < -0.39 is 0 Å². The summed E-state index contributed by atoms with van der Waals surface area (Å²) in [5.74, 6) is 0.133. The van der Waals surface area contributed by atoms with E-state index in [1.54, 1.807) is 0 Å². The molecule has 0 spiro atoms. The standard InChI is InChI=1S/C32H37ClN4O/c1-24-19-27(21-28(33)20-24)31-23-29(37(35-31)30-14-13-25-9-2-3-10-26(25)22-30)11-8-12-32(38)34-15-4-5-16-36-17-6-7-18-36/h2-3,9-10,13-14,19-23H,4-8,11-12,15-18H2,1H3,(H,34,38). The zero-order valence-corrected chi connectivity index (χ0v) is 23.0. The minimum absolute atomic E-state index is 0.133. The minimum Gasteiger partial charge on any atom is -0.356 e. The molecule has 1 aliphatic heterocycles. The van der Waals surface area contributed by atoms with E-state index in [9.17, 15) is 4.79 Å². The Morgan fingerprint density at radius 2 is 1.76 bits per heavy atom. The maximum Gasteiger partial charge on any atom is 0.220 e. The molecule has 4 aromatic rings. The van der Waals surface area contributed by atoms with Crippen LogP contribution in [0.1, 0.15) is 49.8 Å². The summed E-state index contributed by atoms with van der Waals surface area (Å²) in [6, 6.07) is 22.9. The zero-order valence-electron chi connectivity index (χ0n) is 22.3. The zero-order chi connectivity index (χ0) is 26.3. The number of aromatic nitrogens is 2. The molecular formula is C32H37ClN4O. The van der Waals surface area contributed by atoms with Gasteiger partial charge in [-0.25, -0.2) is 4.68 Å². The third kappa shape index (κ3) is 6.83. The number of hydrogen-bond donors (Lipinski definition) is 1. The highest BCUT2D eigenvalue weighted by Crippen LogP contribution is 2.27. The summed E-state index contributed by atoms with van der Waals surface area (Å²) < 4.78 is 2.02. The third-order valence-corrected chi connectivity index (χ3v) is 7.58. The molecule has 1 fully saturated rings. The topological polar surface area (TPSA) is 50.2 Å². The Balaban J connectivity index is 1.24. The highest BCUT2D eigenvalue weighted by Gasteiger charge is 2.14. The number of amides is 1. The summed E-state index contributed by atoms with van der Waals surface area (Å²) in [6.45, 7) is 6.44. The molecule has 0 aliphatic carbocycles. The van der Waals surface area contributed by atoms with Gasteiger partial charge in [-0.1, -0.05) is 41.9 Å². The van der Waals surface area contributed by atoms with Crippen molar-refractivity contribution in [2.45, 2.75) is 51.9 Å². The second-order valence-electron chi connectivity index (χ2n) is 10.4. The Kier molecular flexibility index (Phi) is 8.77. The van der Waals surface area contributed by atoms with Gasteiger partial charge < -0.3 is 10.2 Å². The molecule has 1 aliphatic rings. The van der Waals surface area contributed by atoms with Crippen molar-refractivity contribution in [1.82, 2.24) is 20.0 Å². The number of fused-ring (bicyclic) bond motifs is 1. The van der Waals surface area contributed by atoms with Crippen LogP contribution in [0.5, 0.6) is 0 Å². The Bertz CT molecular complexity index is 1370. The van der Waals surface area contributed by atoms with Gasteiger partial charge in [-0.05, 0) is 118 Å². The first-order chi connectivity index (χ1) is 18.5. The second-order valence-corrected chi connectivity index (χ2v) is 10.9. The quantitative estimate of drug-likeness (QED) is 0.214. The molecule has 2 heterocycles. The molecule has 6 heteroatoms. The van der Waals surface area contributed by atoms with Gasteiger partial charge in [-0.15, -0.1) is 0 Å². The van der Waals surface area contributed by atoms with Gasteiger partial charge in [0.1, 0.15) is 0 Å². The molecule has 1 N–H and O–H groups in total. The van der Waals surface area contributed by atoms with Crippen molar-refractivity contribution in [1.29, 1.82) is 0 Å². The molecule has 5 nitrogen and oxygen atoms in total. The first-order valence-corrected chi connectivity index (χ1v) is 14.3. The van der Waals surface area contributed by atoms with E-state index in [0.717, 1.165) is 67.0 Å². The van der Waals surface area contributed by atoms with Crippen LogP contribution in [-0.4, -0.2) is 46.8 Å². The fourth-order valence-corrected chi connectivity index (χ4v) is 5.66. The maximum absolute atomic E-state index is 12.5. The number of nitrogens with one attached hydrogen (secondary N) is 1. The molecule has 0 radical (unpaired) electrons. The van der Waals surface area contributed by atoms with Gasteiger partial charge in [0.25, 0.3) is 0 Å². The lowest BCUT2D eigenvalue weighted by atomic mass is 10.1. The van der Waals surface area contributed by atoms with E-state index >= 15 is 0 Å². The Hall–Kier alpha value is -3.15. The lowest BCUT2D eigenvalue weighted by molar-refractivity contribution is -0.121. The predicted octanol–water partition coefficient (Wildman–Crippen LogP) is 6.97. The number of aryl methyl sites for hydroxylation is 2. The fourth-order valence-electron chi connectivity index (χ4n) is 5.37. The number of benzene rings is 3. The van der Waals surface area contributed by atoms with Gasteiger partial charge in [-0.3, -0.25) is 4.79 Å². The molecule has 1 amide bonds. The highest BCUT2D eigenvalue weighted by atomic mass is 35.5. The Morgan fingerprint density at radius 1 is 0.947 bits per heavy atom. The van der Waals surface area contributed by atoms with Crippen LogP contribution in [0.25, 0.3) is 27.7 Å². The lowest BCUT2D eigenvalue weighted by Gasteiger charge is -2.14. The first-order valence-electron chi connectivity index (χ1n) is 13.9. The number of nitrogens with zero attached hydrogens (tertiary/aromatic N) is 3. The van der Waals surface area contributed by atoms with Crippen LogP contribution in [0.4, 0.5) is 0 Å². The number of likely N-dealkylation sites (tertiary alicyclic amines) is 1. The van der Waals surface area contributed by atoms with Gasteiger partial charge >= 0.3 is 0 Å². The summed E-state index contributed by atoms with van der Waals surface area (Å²) in [7, 11) is 0. The fraction of sp³-hybridized carbons (Fsp3) is 0.375. The van der Waals surface area contributed by atoms with Crippen molar-refractivity contribution >= 4 is 28.3 Å². The minimum atomic E-state index is 0.133. The monoisotopic (exact) mass is 528 g/mol. The molecule has 0 atom stereocenters. The van der Waals surface area contributed by atoms with E-state index in [1.807, 2.05) is 23.7 Å². The Labute approximate surface area is 230 Å². The van der Waals surface area contributed by atoms with Crippen molar-refractivity contribution in [2.24, 2.45) is 0 Å². The average molecular weight is 529 g/mol. The largest absolute Gasteiger partial charge is 0.356 e. The third-order valence-electron chi connectivity index (χ3n) is 7.36. The van der Waals surface area contributed by atoms with Gasteiger partial charge in [0, 0.05) is 29.2 Å². The van der Waals surface area contributed by atoms with Gasteiger partial charge in [0.15, 0.2) is 0 Å². The molecule has 3 aromatic carbocycles. The number of halogens is 1. The van der Waals surface area contributed by atoms with E-state index in [2.05, 4.69) is 64.8 Å². The number of carbonyl (C=O) groups excluding carboxylic acids is 1. The highest BCUT2D eigenvalue weighted by molar-refractivity contribution is 6.30. The van der Waals surface area contributed by atoms with E-state index in [1.165, 1.54) is 36.7 Å². The smallest absolute Gasteiger partial charge is 0.220 e. The van der Waals surface area contributed by atoms with Gasteiger partial charge in [-0.2, -0.15) is 5.10 Å². The summed E-state index contributed by atoms with van der Waals surface area (Å²) in [5.41, 5.74) is 5.10. The average Bonchev–Trinajstić information content (AvgIpc) is 3.58. The summed E-state index contributed by atoms with van der Waals surface area (Å²) >= 11 is 6.36. The Morgan fingerprint density at radius 3 is 2.58 bits per heavy atom. The normalized spacial score (nSPS) is 13.8. The molecule has 0 unspecified atom stereocenters. The number of hydrogen-bond acceptors (Lipinski definition) is 3. The van der Waals surface area contributed by atoms with Crippen LogP contribution >= 0.6 is 11.6 Å². The number of carbonyl (C=O) groups is 1. The number of rotatable bonds is 11. The molecule has 1 saturated heterocycles. The van der Waals surface area contributed by atoms with Crippen LogP contribution in [0.3, 0.4) is 0 Å². The van der Waals surface area contributed by atoms with Crippen LogP contribution in [0.15, 0.2) is 66.7 Å². The van der Waals surface area contributed by atoms with E-state index in [0.29, 0.717) is 11.4 Å². The molecule has 1 aromatic heterocycles. The maximum atomic E-state index is 12.5. The summed E-state index contributed by atoms with van der Waals surface area (Å²) in [4.78, 5) is 15.0. The van der Waals surface area contributed by atoms with Crippen molar-refractivity contribution in [3.8, 4) is 16.9 Å². The lowest BCUT2D eigenvalue weighted by Crippen LogP contribution is -2.26. The molecule has 38 heavy (non-hydrogen) atoms. The van der Waals surface area contributed by atoms with Gasteiger partial charge in [0.2, 0.25) is 5.91 Å². The summed E-state index contributed by atoms with van der Waals surface area (Å²) in [5, 5.41) is 11.2. The van der Waals surface area contributed by atoms with E-state index in [-0.39, 0.29) is 5.91 Å². The van der Waals surface area contributed by atoms with Crippen LogP contribution < -0.4 is 5.32 Å². The van der Waals surface area contributed by atoms with Crippen LogP contribution in [0, 0.1) is 6.92 Å². The van der Waals surface area contributed by atoms with E-state index in [4.69, 9.17) is 16.7 Å². The van der Waals surface area contributed by atoms with Crippen molar-refractivity contribution in [3.05, 3.63) is 83.0 Å². The molecule has 0 saturated carbocycles. The SMILES string of the molecule is Cc1cc(Cl)cc(-c2cc(CCCC(=O)NCCCCN3CCCC3)n(-c3ccc4ccccc4c3)n2)c1. The molecule has 0 bridgehead atoms. The predicted molar refractivity (Wildman–Crippen MR) is 157 cm³/mol. The second kappa shape index (κ2) is 12.6. The molecule has 198 valence electrons. The van der Waals surface area contributed by atoms with Crippen LogP contribution in [-0.2, 0) is 11.2 Å². The summed E-state index contributed by atoms with van der Waals surface area (Å²) in [6.07, 6.45) is 6.90. The van der Waals surface area contributed by atoms with Crippen molar-refractivity contribution in [2.75, 3.05) is 26.2 Å². The molecule has 5 rings (SSSR count).